The fourth-order valence-corrected chi connectivity index (χ4v) is 2.33. The van der Waals surface area contributed by atoms with E-state index in [1.807, 2.05) is 0 Å². The third-order valence-corrected chi connectivity index (χ3v) is 3.73. The number of carbonyl (C=O) groups excluding carboxylic acids is 2. The molecule has 0 bridgehead atoms. The molecule has 0 fully saturated rings. The largest absolute Gasteiger partial charge is 0.493 e. The first-order valence-electron chi connectivity index (χ1n) is 8.11. The van der Waals surface area contributed by atoms with Gasteiger partial charge in [-0.15, -0.1) is 0 Å². The number of carbonyl (C=O) groups is 2. The van der Waals surface area contributed by atoms with Crippen LogP contribution in [-0.4, -0.2) is 42.0 Å². The lowest BCUT2D eigenvalue weighted by molar-refractivity contribution is -0.118. The average Bonchev–Trinajstić information content (AvgIpc) is 2.65. The van der Waals surface area contributed by atoms with Crippen LogP contribution < -0.4 is 31.6 Å². The average molecular weight is 374 g/mol. The molecule has 144 valence electrons. The molecule has 0 aliphatic carbocycles. The van der Waals surface area contributed by atoms with Gasteiger partial charge in [-0.2, -0.15) is 0 Å². The molecule has 2 aromatic rings. The predicted octanol–water partition coefficient (Wildman–Crippen LogP) is 1.01. The van der Waals surface area contributed by atoms with Gasteiger partial charge in [-0.25, -0.2) is 9.97 Å². The van der Waals surface area contributed by atoms with Gasteiger partial charge < -0.3 is 31.6 Å². The maximum Gasteiger partial charge on any atom is 0.271 e. The summed E-state index contributed by atoms with van der Waals surface area (Å²) in [5, 5.41) is 5.85. The highest BCUT2D eigenvalue weighted by atomic mass is 16.5. The quantitative estimate of drug-likeness (QED) is 0.507. The van der Waals surface area contributed by atoms with Gasteiger partial charge in [0.15, 0.2) is 23.0 Å². The molecule has 0 spiro atoms. The first-order valence-corrected chi connectivity index (χ1v) is 8.11. The van der Waals surface area contributed by atoms with Gasteiger partial charge in [0.1, 0.15) is 11.9 Å². The van der Waals surface area contributed by atoms with Crippen molar-refractivity contribution < 1.29 is 19.1 Å². The summed E-state index contributed by atoms with van der Waals surface area (Å²) in [5.41, 5.74) is 11.2. The van der Waals surface area contributed by atoms with Crippen LogP contribution in [0.15, 0.2) is 24.4 Å². The summed E-state index contributed by atoms with van der Waals surface area (Å²) in [6.07, 6.45) is 1.78. The van der Waals surface area contributed by atoms with Gasteiger partial charge >= 0.3 is 0 Å². The molecule has 0 saturated heterocycles. The molecule has 10 heteroatoms. The zero-order chi connectivity index (χ0) is 20.0. The lowest BCUT2D eigenvalue weighted by atomic mass is 10.2. The second kappa shape index (κ2) is 8.70. The summed E-state index contributed by atoms with van der Waals surface area (Å²) in [6, 6.07) is 4.46. The molecule has 1 heterocycles. The number of anilines is 3. The number of benzene rings is 1. The van der Waals surface area contributed by atoms with Crippen LogP contribution in [0.5, 0.6) is 11.5 Å². The molecule has 27 heavy (non-hydrogen) atoms. The van der Waals surface area contributed by atoms with Crippen molar-refractivity contribution in [3.8, 4) is 11.5 Å². The number of nitrogens with zero attached hydrogens (tertiary/aromatic N) is 2. The number of amides is 2. The Morgan fingerprint density at radius 1 is 1.19 bits per heavy atom. The van der Waals surface area contributed by atoms with Gasteiger partial charge in [-0.05, 0) is 18.6 Å². The normalized spacial score (nSPS) is 11.4. The SMILES string of the molecule is CC[C@@H](Nc1cnc(C(N)=O)c(Nc2ccc(OC)c(OC)c2)n1)C(N)=O. The molecule has 2 amide bonds. The molecular formula is C17H22N6O4. The van der Waals surface area contributed by atoms with Crippen molar-refractivity contribution in [2.45, 2.75) is 19.4 Å². The second-order valence-corrected chi connectivity index (χ2v) is 5.52. The third-order valence-electron chi connectivity index (χ3n) is 3.73. The Morgan fingerprint density at radius 2 is 1.89 bits per heavy atom. The van der Waals surface area contributed by atoms with E-state index in [0.717, 1.165) is 0 Å². The third kappa shape index (κ3) is 4.75. The highest BCUT2D eigenvalue weighted by Crippen LogP contribution is 2.31. The van der Waals surface area contributed by atoms with Crippen LogP contribution in [0.3, 0.4) is 0 Å². The van der Waals surface area contributed by atoms with Crippen molar-refractivity contribution in [3.63, 3.8) is 0 Å². The number of nitrogens with one attached hydrogen (secondary N) is 2. The number of primary amides is 2. The Kier molecular flexibility index (Phi) is 6.36. The minimum Gasteiger partial charge on any atom is -0.493 e. The predicted molar refractivity (Wildman–Crippen MR) is 100 cm³/mol. The van der Waals surface area contributed by atoms with Gasteiger partial charge in [-0.3, -0.25) is 9.59 Å². The van der Waals surface area contributed by atoms with Gasteiger partial charge in [0.25, 0.3) is 5.91 Å². The number of nitrogens with two attached hydrogens (primary N) is 2. The van der Waals surface area contributed by atoms with Crippen molar-refractivity contribution in [1.82, 2.24) is 9.97 Å². The van der Waals surface area contributed by atoms with E-state index in [1.54, 1.807) is 25.1 Å². The molecule has 0 saturated carbocycles. The highest BCUT2D eigenvalue weighted by molar-refractivity contribution is 5.96. The van der Waals surface area contributed by atoms with E-state index in [2.05, 4.69) is 20.6 Å². The zero-order valence-electron chi connectivity index (χ0n) is 15.3. The summed E-state index contributed by atoms with van der Waals surface area (Å²) in [5.74, 6) is 0.163. The van der Waals surface area contributed by atoms with Crippen LogP contribution in [0.2, 0.25) is 0 Å². The molecule has 0 radical (unpaired) electrons. The number of rotatable bonds is 9. The van der Waals surface area contributed by atoms with E-state index < -0.39 is 17.9 Å². The highest BCUT2D eigenvalue weighted by Gasteiger charge is 2.17. The fourth-order valence-electron chi connectivity index (χ4n) is 2.33. The first kappa shape index (κ1) is 19.8. The van der Waals surface area contributed by atoms with Gasteiger partial charge in [0.05, 0.1) is 20.4 Å². The van der Waals surface area contributed by atoms with Crippen LogP contribution in [0, 0.1) is 0 Å². The van der Waals surface area contributed by atoms with Crippen molar-refractivity contribution in [2.24, 2.45) is 11.5 Å². The van der Waals surface area contributed by atoms with E-state index in [4.69, 9.17) is 20.9 Å². The van der Waals surface area contributed by atoms with Crippen molar-refractivity contribution >= 4 is 29.1 Å². The monoisotopic (exact) mass is 374 g/mol. The van der Waals surface area contributed by atoms with E-state index >= 15 is 0 Å². The molecule has 6 N–H and O–H groups in total. The summed E-state index contributed by atoms with van der Waals surface area (Å²) >= 11 is 0. The fraction of sp³-hybridized carbons (Fsp3) is 0.294. The number of hydrogen-bond acceptors (Lipinski definition) is 8. The number of ether oxygens (including phenoxy) is 2. The second-order valence-electron chi connectivity index (χ2n) is 5.52. The minimum atomic E-state index is -0.751. The Labute approximate surface area is 156 Å². The zero-order valence-corrected chi connectivity index (χ0v) is 15.3. The molecule has 0 unspecified atom stereocenters. The molecule has 2 rings (SSSR count). The summed E-state index contributed by atoms with van der Waals surface area (Å²) in [4.78, 5) is 31.4. The lowest BCUT2D eigenvalue weighted by Crippen LogP contribution is -2.35. The van der Waals surface area contributed by atoms with Gasteiger partial charge in [-0.1, -0.05) is 6.92 Å². The number of methoxy groups -OCH3 is 2. The Balaban J connectivity index is 2.37. The molecule has 1 aromatic heterocycles. The standard InChI is InChI=1S/C17H22N6O4/c1-4-10(15(18)24)22-13-8-20-14(16(19)25)17(23-13)21-9-5-6-11(26-2)12(7-9)27-3/h5-8,10H,4H2,1-3H3,(H2,18,24)(H2,19,25)(H2,21,22,23)/t10-/m1/s1. The molecule has 10 nitrogen and oxygen atoms in total. The van der Waals surface area contributed by atoms with E-state index in [1.165, 1.54) is 20.4 Å². The van der Waals surface area contributed by atoms with Crippen LogP contribution in [0.25, 0.3) is 0 Å². The Morgan fingerprint density at radius 3 is 2.44 bits per heavy atom. The van der Waals surface area contributed by atoms with E-state index in [0.29, 0.717) is 23.6 Å². The summed E-state index contributed by atoms with van der Waals surface area (Å²) < 4.78 is 10.4. The first-order chi connectivity index (χ1) is 12.9. The van der Waals surface area contributed by atoms with Gasteiger partial charge in [0, 0.05) is 11.8 Å². The topological polar surface area (TPSA) is 154 Å². The maximum absolute atomic E-state index is 11.7. The van der Waals surface area contributed by atoms with Crippen molar-refractivity contribution in [1.29, 1.82) is 0 Å². The molecule has 1 atom stereocenters. The molecular weight excluding hydrogens is 352 g/mol. The smallest absolute Gasteiger partial charge is 0.271 e. The van der Waals surface area contributed by atoms with E-state index in [9.17, 15) is 9.59 Å². The Hall–Kier alpha value is -3.56. The number of hydrogen-bond donors (Lipinski definition) is 4. The van der Waals surface area contributed by atoms with Crippen molar-refractivity contribution in [3.05, 3.63) is 30.1 Å². The molecule has 0 aliphatic rings. The maximum atomic E-state index is 11.7. The Bertz CT molecular complexity index is 842. The minimum absolute atomic E-state index is 0.0533. The van der Waals surface area contributed by atoms with Crippen LogP contribution in [-0.2, 0) is 4.79 Å². The van der Waals surface area contributed by atoms with Crippen LogP contribution >= 0.6 is 0 Å². The summed E-state index contributed by atoms with van der Waals surface area (Å²) in [7, 11) is 3.04. The summed E-state index contributed by atoms with van der Waals surface area (Å²) in [6.45, 7) is 1.80. The lowest BCUT2D eigenvalue weighted by Gasteiger charge is -2.16. The molecule has 0 aliphatic heterocycles. The van der Waals surface area contributed by atoms with Gasteiger partial charge in [0.2, 0.25) is 5.91 Å². The van der Waals surface area contributed by atoms with E-state index in [-0.39, 0.29) is 17.3 Å². The van der Waals surface area contributed by atoms with Crippen LogP contribution in [0.1, 0.15) is 23.8 Å². The van der Waals surface area contributed by atoms with Crippen LogP contribution in [0.4, 0.5) is 17.3 Å². The molecule has 1 aromatic carbocycles. The number of aromatic nitrogens is 2. The van der Waals surface area contributed by atoms with Crippen molar-refractivity contribution in [2.75, 3.05) is 24.9 Å².